The molecule has 0 aromatic heterocycles. The van der Waals surface area contributed by atoms with Crippen molar-refractivity contribution in [3.05, 3.63) is 24.3 Å². The molecular formula is C20H32O5. The predicted octanol–water partition coefficient (Wildman–Crippen LogP) is 3.25. The van der Waals surface area contributed by atoms with Crippen LogP contribution in [0.2, 0.25) is 0 Å². The van der Waals surface area contributed by atoms with Crippen LogP contribution in [0.4, 0.5) is 0 Å². The lowest BCUT2D eigenvalue weighted by molar-refractivity contribution is -0.137. The van der Waals surface area contributed by atoms with E-state index in [0.29, 0.717) is 32.1 Å². The van der Waals surface area contributed by atoms with Crippen LogP contribution >= 0.6 is 0 Å². The van der Waals surface area contributed by atoms with Crippen molar-refractivity contribution >= 4 is 11.8 Å². The summed E-state index contributed by atoms with van der Waals surface area (Å²) in [6, 6.07) is 0. The van der Waals surface area contributed by atoms with Crippen LogP contribution in [-0.2, 0) is 9.59 Å². The van der Waals surface area contributed by atoms with E-state index in [4.69, 9.17) is 5.11 Å². The van der Waals surface area contributed by atoms with Crippen LogP contribution in [-0.4, -0.2) is 39.3 Å². The highest BCUT2D eigenvalue weighted by Crippen LogP contribution is 2.36. The molecule has 5 nitrogen and oxygen atoms in total. The molecule has 1 fully saturated rings. The van der Waals surface area contributed by atoms with Gasteiger partial charge in [-0.2, -0.15) is 0 Å². The topological polar surface area (TPSA) is 94.8 Å². The van der Waals surface area contributed by atoms with E-state index >= 15 is 0 Å². The van der Waals surface area contributed by atoms with Crippen molar-refractivity contribution in [1.29, 1.82) is 0 Å². The first-order valence-electron chi connectivity index (χ1n) is 9.39. The summed E-state index contributed by atoms with van der Waals surface area (Å²) in [7, 11) is 0. The van der Waals surface area contributed by atoms with E-state index in [1.165, 1.54) is 0 Å². The third kappa shape index (κ3) is 8.45. The van der Waals surface area contributed by atoms with Gasteiger partial charge < -0.3 is 15.3 Å². The zero-order valence-corrected chi connectivity index (χ0v) is 15.1. The molecule has 25 heavy (non-hydrogen) atoms. The van der Waals surface area contributed by atoms with E-state index < -0.39 is 18.2 Å². The number of ketones is 1. The highest BCUT2D eigenvalue weighted by molar-refractivity contribution is 5.89. The number of aliphatic hydroxyl groups excluding tert-OH is 2. The van der Waals surface area contributed by atoms with E-state index in [1.54, 1.807) is 12.2 Å². The van der Waals surface area contributed by atoms with Crippen LogP contribution in [0.15, 0.2) is 24.3 Å². The molecule has 3 N–H and O–H groups in total. The molecule has 0 aromatic carbocycles. The quantitative estimate of drug-likeness (QED) is 0.285. The summed E-state index contributed by atoms with van der Waals surface area (Å²) in [5.41, 5.74) is 0. The van der Waals surface area contributed by atoms with E-state index in [-0.39, 0.29) is 24.0 Å². The summed E-state index contributed by atoms with van der Waals surface area (Å²) in [5, 5.41) is 28.9. The Labute approximate surface area is 150 Å². The first-order chi connectivity index (χ1) is 12.0. The summed E-state index contributed by atoms with van der Waals surface area (Å²) in [5.74, 6) is -1.04. The van der Waals surface area contributed by atoms with Crippen LogP contribution in [0.5, 0.6) is 0 Å². The first kappa shape index (κ1) is 21.6. The van der Waals surface area contributed by atoms with Crippen LogP contribution in [0.1, 0.15) is 64.7 Å². The molecule has 1 aliphatic rings. The minimum Gasteiger partial charge on any atom is -0.481 e. The minimum atomic E-state index is -0.795. The molecule has 5 heteroatoms. The third-order valence-electron chi connectivity index (χ3n) is 4.78. The molecular weight excluding hydrogens is 320 g/mol. The molecule has 0 unspecified atom stereocenters. The Bertz CT molecular complexity index is 469. The van der Waals surface area contributed by atoms with Crippen LogP contribution in [0.25, 0.3) is 0 Å². The van der Waals surface area contributed by atoms with Gasteiger partial charge in [0.2, 0.25) is 0 Å². The van der Waals surface area contributed by atoms with Gasteiger partial charge in [0, 0.05) is 25.2 Å². The number of aliphatic hydroxyl groups is 2. The normalized spacial score (nSPS) is 26.7. The molecule has 0 aromatic rings. The summed E-state index contributed by atoms with van der Waals surface area (Å²) < 4.78 is 0. The number of carbonyl (C=O) groups excluding carboxylic acids is 1. The monoisotopic (exact) mass is 352 g/mol. The van der Waals surface area contributed by atoms with Gasteiger partial charge in [0.1, 0.15) is 0 Å². The van der Waals surface area contributed by atoms with Gasteiger partial charge in [-0.1, -0.05) is 38.0 Å². The number of rotatable bonds is 12. The van der Waals surface area contributed by atoms with Crippen molar-refractivity contribution in [1.82, 2.24) is 0 Å². The van der Waals surface area contributed by atoms with E-state index in [1.807, 2.05) is 12.2 Å². The van der Waals surface area contributed by atoms with Crippen molar-refractivity contribution in [3.63, 3.8) is 0 Å². The number of allylic oxidation sites excluding steroid dienone is 3. The molecule has 0 bridgehead atoms. The van der Waals surface area contributed by atoms with E-state index in [2.05, 4.69) is 6.92 Å². The molecule has 0 aliphatic heterocycles. The number of hydrogen-bond acceptors (Lipinski definition) is 4. The number of carboxylic acids is 1. The Morgan fingerprint density at radius 1 is 1.04 bits per heavy atom. The minimum absolute atomic E-state index is 0.0741. The Kier molecular flexibility index (Phi) is 10.3. The summed E-state index contributed by atoms with van der Waals surface area (Å²) in [6.45, 7) is 2.09. The molecule has 1 saturated carbocycles. The van der Waals surface area contributed by atoms with Gasteiger partial charge in [-0.05, 0) is 37.7 Å². The average molecular weight is 352 g/mol. The lowest BCUT2D eigenvalue weighted by Gasteiger charge is -2.19. The Balaban J connectivity index is 2.48. The fraction of sp³-hybridized carbons (Fsp3) is 0.700. The number of aliphatic carboxylic acids is 1. The van der Waals surface area contributed by atoms with E-state index in [9.17, 15) is 19.8 Å². The fourth-order valence-electron chi connectivity index (χ4n) is 3.30. The molecule has 4 atom stereocenters. The lowest BCUT2D eigenvalue weighted by Crippen LogP contribution is -2.20. The van der Waals surface area contributed by atoms with Crippen LogP contribution in [0.3, 0.4) is 0 Å². The van der Waals surface area contributed by atoms with Gasteiger partial charge in [0.25, 0.3) is 0 Å². The maximum absolute atomic E-state index is 11.9. The van der Waals surface area contributed by atoms with Gasteiger partial charge in [0.05, 0.1) is 12.2 Å². The SMILES string of the molecule is CCCCCC(=O)/C=C\[C@@H]1[C@@H](C/C=C\CCCC(=O)O)[C@H](O)C[C@@H]1O. The summed E-state index contributed by atoms with van der Waals surface area (Å²) in [6.07, 6.45) is 11.9. The highest BCUT2D eigenvalue weighted by Gasteiger charge is 2.39. The molecule has 142 valence electrons. The largest absolute Gasteiger partial charge is 0.481 e. The zero-order chi connectivity index (χ0) is 18.7. The van der Waals surface area contributed by atoms with Crippen LogP contribution in [0, 0.1) is 11.8 Å². The van der Waals surface area contributed by atoms with Crippen molar-refractivity contribution in [2.45, 2.75) is 76.9 Å². The molecule has 0 spiro atoms. The van der Waals surface area contributed by atoms with Crippen LogP contribution < -0.4 is 0 Å². The number of carbonyl (C=O) groups is 2. The number of carboxylic acid groups (broad SMARTS) is 1. The summed E-state index contributed by atoms with van der Waals surface area (Å²) in [4.78, 5) is 22.3. The Morgan fingerprint density at radius 3 is 2.48 bits per heavy atom. The Morgan fingerprint density at radius 2 is 1.80 bits per heavy atom. The van der Waals surface area contributed by atoms with Crippen molar-refractivity contribution < 1.29 is 24.9 Å². The molecule has 0 saturated heterocycles. The predicted molar refractivity (Wildman–Crippen MR) is 97.1 cm³/mol. The van der Waals surface area contributed by atoms with Crippen molar-refractivity contribution in [2.24, 2.45) is 11.8 Å². The average Bonchev–Trinajstić information content (AvgIpc) is 2.82. The van der Waals surface area contributed by atoms with Crippen molar-refractivity contribution in [2.75, 3.05) is 0 Å². The standard InChI is InChI=1S/C20H32O5/c1-2-3-6-9-15(21)12-13-17-16(18(22)14-19(17)23)10-7-4-5-8-11-20(24)25/h4,7,12-13,16-19,22-23H,2-3,5-6,8-11,14H2,1H3,(H,24,25)/b7-4-,13-12-/t16-,17-,18-,19+/m1/s1. The van der Waals surface area contributed by atoms with Gasteiger partial charge in [-0.25, -0.2) is 0 Å². The van der Waals surface area contributed by atoms with Gasteiger partial charge in [-0.15, -0.1) is 0 Å². The van der Waals surface area contributed by atoms with Gasteiger partial charge in [-0.3, -0.25) is 9.59 Å². The van der Waals surface area contributed by atoms with Gasteiger partial charge in [0.15, 0.2) is 5.78 Å². The second-order valence-electron chi connectivity index (χ2n) is 6.89. The summed E-state index contributed by atoms with van der Waals surface area (Å²) >= 11 is 0. The maximum Gasteiger partial charge on any atom is 0.303 e. The molecule has 1 aliphatic carbocycles. The maximum atomic E-state index is 11.9. The molecule has 0 amide bonds. The van der Waals surface area contributed by atoms with E-state index in [0.717, 1.165) is 19.3 Å². The lowest BCUT2D eigenvalue weighted by atomic mass is 9.89. The second-order valence-corrected chi connectivity index (χ2v) is 6.89. The Hall–Kier alpha value is -1.46. The first-order valence-corrected chi connectivity index (χ1v) is 9.39. The number of hydrogen-bond donors (Lipinski definition) is 3. The molecule has 0 heterocycles. The second kappa shape index (κ2) is 12.0. The molecule has 1 rings (SSSR count). The van der Waals surface area contributed by atoms with Crippen molar-refractivity contribution in [3.8, 4) is 0 Å². The fourth-order valence-corrected chi connectivity index (χ4v) is 3.30. The smallest absolute Gasteiger partial charge is 0.303 e. The van der Waals surface area contributed by atoms with Gasteiger partial charge >= 0.3 is 5.97 Å². The molecule has 0 radical (unpaired) electrons. The number of unbranched alkanes of at least 4 members (excludes halogenated alkanes) is 3. The highest BCUT2D eigenvalue weighted by atomic mass is 16.4. The zero-order valence-electron chi connectivity index (χ0n) is 15.1. The third-order valence-corrected chi connectivity index (χ3v) is 4.78.